The highest BCUT2D eigenvalue weighted by molar-refractivity contribution is 5.31. The summed E-state index contributed by atoms with van der Waals surface area (Å²) in [6.07, 6.45) is 2.49. The Hall–Kier alpha value is -1.68. The Kier molecular flexibility index (Phi) is 4.55. The Balaban J connectivity index is 2.26. The van der Waals surface area contributed by atoms with Crippen molar-refractivity contribution >= 4 is 0 Å². The van der Waals surface area contributed by atoms with Gasteiger partial charge in [-0.25, -0.2) is 9.67 Å². The number of aryl methyl sites for hydroxylation is 2. The molecule has 0 saturated heterocycles. The maximum absolute atomic E-state index is 4.41. The molecule has 0 saturated carbocycles. The summed E-state index contributed by atoms with van der Waals surface area (Å²) in [5.41, 5.74) is 3.90. The van der Waals surface area contributed by atoms with E-state index in [1.807, 2.05) is 11.7 Å². The van der Waals surface area contributed by atoms with Crippen LogP contribution in [0.3, 0.4) is 0 Å². The Morgan fingerprint density at radius 2 is 1.80 bits per heavy atom. The van der Waals surface area contributed by atoms with E-state index >= 15 is 0 Å². The average molecular weight is 272 g/mol. The monoisotopic (exact) mass is 272 g/mol. The molecule has 0 bridgehead atoms. The maximum atomic E-state index is 4.41. The molecule has 0 fully saturated rings. The van der Waals surface area contributed by atoms with Gasteiger partial charge < -0.3 is 5.32 Å². The van der Waals surface area contributed by atoms with Crippen LogP contribution in [0.1, 0.15) is 48.4 Å². The van der Waals surface area contributed by atoms with Gasteiger partial charge in [-0.3, -0.25) is 0 Å². The normalized spacial score (nSPS) is 12.9. The summed E-state index contributed by atoms with van der Waals surface area (Å²) in [6, 6.07) is 7.28. The molecule has 1 unspecified atom stereocenters. The summed E-state index contributed by atoms with van der Waals surface area (Å²) in [5.74, 6) is 1.03. The Labute approximate surface area is 121 Å². The van der Waals surface area contributed by atoms with Gasteiger partial charge in [0.25, 0.3) is 0 Å². The molecule has 1 N–H and O–H groups in total. The molecule has 1 heterocycles. The minimum absolute atomic E-state index is 0.260. The van der Waals surface area contributed by atoms with E-state index in [0.29, 0.717) is 6.04 Å². The van der Waals surface area contributed by atoms with Gasteiger partial charge in [-0.05, 0) is 40.3 Å². The van der Waals surface area contributed by atoms with Crippen molar-refractivity contribution < 1.29 is 0 Å². The number of aromatic nitrogens is 3. The molecule has 2 rings (SSSR count). The first-order chi connectivity index (χ1) is 9.51. The number of rotatable bonds is 5. The number of benzene rings is 1. The minimum Gasteiger partial charge on any atom is -0.313 e. The Morgan fingerprint density at radius 1 is 1.15 bits per heavy atom. The van der Waals surface area contributed by atoms with Gasteiger partial charge in [0.15, 0.2) is 0 Å². The van der Waals surface area contributed by atoms with Gasteiger partial charge >= 0.3 is 0 Å². The van der Waals surface area contributed by atoms with Crippen LogP contribution in [0.5, 0.6) is 0 Å². The van der Waals surface area contributed by atoms with Crippen LogP contribution >= 0.6 is 0 Å². The van der Waals surface area contributed by atoms with Crippen molar-refractivity contribution in [2.45, 2.75) is 46.2 Å². The fraction of sp³-hybridized carbons (Fsp3) is 0.500. The summed E-state index contributed by atoms with van der Waals surface area (Å²) in [4.78, 5) is 4.41. The lowest BCUT2D eigenvalue weighted by Crippen LogP contribution is -2.22. The first-order valence-electron chi connectivity index (χ1n) is 7.15. The van der Waals surface area contributed by atoms with Crippen molar-refractivity contribution in [2.24, 2.45) is 0 Å². The fourth-order valence-electron chi connectivity index (χ4n) is 2.63. The molecule has 2 aromatic rings. The molecular weight excluding hydrogens is 248 g/mol. The summed E-state index contributed by atoms with van der Waals surface area (Å²) >= 11 is 0. The lowest BCUT2D eigenvalue weighted by Gasteiger charge is -2.19. The fourth-order valence-corrected chi connectivity index (χ4v) is 2.63. The van der Waals surface area contributed by atoms with E-state index in [1.165, 1.54) is 16.7 Å². The lowest BCUT2D eigenvalue weighted by atomic mass is 9.99. The minimum atomic E-state index is 0.260. The first kappa shape index (κ1) is 14.7. The topological polar surface area (TPSA) is 42.7 Å². The smallest absolute Gasteiger partial charge is 0.138 e. The highest BCUT2D eigenvalue weighted by Gasteiger charge is 2.16. The second kappa shape index (κ2) is 6.18. The average Bonchev–Trinajstić information content (AvgIpc) is 2.82. The van der Waals surface area contributed by atoms with Gasteiger partial charge in [0.05, 0.1) is 0 Å². The molecule has 1 atom stereocenters. The summed E-state index contributed by atoms with van der Waals surface area (Å²) in [5, 5.41) is 7.71. The number of hydrogen-bond donors (Lipinski definition) is 1. The standard InChI is InChI=1S/C16H24N4/c1-11(2)20-16(18-10-19-20)9-15(17-5)14-7-12(3)6-13(4)8-14/h6-8,10-11,15,17H,9H2,1-5H3. The highest BCUT2D eigenvalue weighted by atomic mass is 15.3. The molecule has 0 aliphatic carbocycles. The largest absolute Gasteiger partial charge is 0.313 e. The molecule has 1 aromatic carbocycles. The van der Waals surface area contributed by atoms with Gasteiger partial charge in [-0.1, -0.05) is 29.3 Å². The lowest BCUT2D eigenvalue weighted by molar-refractivity contribution is 0.477. The number of nitrogens with zero attached hydrogens (tertiary/aromatic N) is 3. The van der Waals surface area contributed by atoms with Crippen molar-refractivity contribution in [1.29, 1.82) is 0 Å². The van der Waals surface area contributed by atoms with E-state index in [9.17, 15) is 0 Å². The molecule has 0 spiro atoms. The van der Waals surface area contributed by atoms with Crippen LogP contribution in [-0.4, -0.2) is 21.8 Å². The van der Waals surface area contributed by atoms with Crippen LogP contribution in [0.25, 0.3) is 0 Å². The van der Waals surface area contributed by atoms with E-state index in [4.69, 9.17) is 0 Å². The van der Waals surface area contributed by atoms with Gasteiger partial charge in [0.1, 0.15) is 12.2 Å². The van der Waals surface area contributed by atoms with Crippen molar-refractivity contribution in [2.75, 3.05) is 7.05 Å². The summed E-state index contributed by atoms with van der Waals surface area (Å²) in [7, 11) is 2.00. The van der Waals surface area contributed by atoms with Crippen LogP contribution in [-0.2, 0) is 6.42 Å². The van der Waals surface area contributed by atoms with Gasteiger partial charge in [0.2, 0.25) is 0 Å². The zero-order valence-corrected chi connectivity index (χ0v) is 13.0. The summed E-state index contributed by atoms with van der Waals surface area (Å²) < 4.78 is 1.99. The van der Waals surface area contributed by atoms with E-state index in [2.05, 4.69) is 61.3 Å². The molecule has 108 valence electrons. The second-order valence-corrected chi connectivity index (χ2v) is 5.68. The van der Waals surface area contributed by atoms with Crippen LogP contribution in [0.4, 0.5) is 0 Å². The zero-order chi connectivity index (χ0) is 14.7. The third-order valence-corrected chi connectivity index (χ3v) is 3.52. The molecular formula is C16H24N4. The quantitative estimate of drug-likeness (QED) is 0.910. The molecule has 0 aliphatic heterocycles. The van der Waals surface area contributed by atoms with E-state index in [1.54, 1.807) is 6.33 Å². The van der Waals surface area contributed by atoms with E-state index in [-0.39, 0.29) is 6.04 Å². The molecule has 4 heteroatoms. The second-order valence-electron chi connectivity index (χ2n) is 5.68. The van der Waals surface area contributed by atoms with Gasteiger partial charge in [0, 0.05) is 18.5 Å². The molecule has 0 aliphatic rings. The third-order valence-electron chi connectivity index (χ3n) is 3.52. The predicted octanol–water partition coefficient (Wildman–Crippen LogP) is 2.98. The van der Waals surface area contributed by atoms with Gasteiger partial charge in [-0.2, -0.15) is 5.10 Å². The van der Waals surface area contributed by atoms with Gasteiger partial charge in [-0.15, -0.1) is 0 Å². The summed E-state index contributed by atoms with van der Waals surface area (Å²) in [6.45, 7) is 8.53. The third kappa shape index (κ3) is 3.25. The van der Waals surface area contributed by atoms with Crippen LogP contribution in [0.15, 0.2) is 24.5 Å². The van der Waals surface area contributed by atoms with Crippen LogP contribution < -0.4 is 5.32 Å². The first-order valence-corrected chi connectivity index (χ1v) is 7.15. The molecule has 0 radical (unpaired) electrons. The molecule has 1 aromatic heterocycles. The number of hydrogen-bond acceptors (Lipinski definition) is 3. The molecule has 4 nitrogen and oxygen atoms in total. The van der Waals surface area contributed by atoms with E-state index in [0.717, 1.165) is 12.2 Å². The van der Waals surface area contributed by atoms with Crippen molar-refractivity contribution in [3.63, 3.8) is 0 Å². The highest BCUT2D eigenvalue weighted by Crippen LogP contribution is 2.21. The molecule has 0 amide bonds. The van der Waals surface area contributed by atoms with Crippen LogP contribution in [0.2, 0.25) is 0 Å². The Morgan fingerprint density at radius 3 is 2.35 bits per heavy atom. The number of likely N-dealkylation sites (N-methyl/N-ethyl adjacent to an activating group) is 1. The van der Waals surface area contributed by atoms with Crippen LogP contribution in [0, 0.1) is 13.8 Å². The SMILES string of the molecule is CNC(Cc1ncnn1C(C)C)c1cc(C)cc(C)c1. The predicted molar refractivity (Wildman–Crippen MR) is 81.8 cm³/mol. The molecule has 20 heavy (non-hydrogen) atoms. The van der Waals surface area contributed by atoms with Crippen molar-refractivity contribution in [3.8, 4) is 0 Å². The zero-order valence-electron chi connectivity index (χ0n) is 13.0. The van der Waals surface area contributed by atoms with E-state index < -0.39 is 0 Å². The number of nitrogens with one attached hydrogen (secondary N) is 1. The van der Waals surface area contributed by atoms with Crippen molar-refractivity contribution in [3.05, 3.63) is 47.0 Å². The maximum Gasteiger partial charge on any atom is 0.138 e. The Bertz CT molecular complexity index is 551. The van der Waals surface area contributed by atoms with Crippen molar-refractivity contribution in [1.82, 2.24) is 20.1 Å².